The number of nitrogens with zero attached hydrogens (tertiary/aromatic N) is 2. The number of carbonyl (C=O) groups excluding carboxylic acids is 2. The normalized spacial score (nSPS) is 19.6. The van der Waals surface area contributed by atoms with Crippen molar-refractivity contribution in [2.75, 3.05) is 36.0 Å². The van der Waals surface area contributed by atoms with E-state index in [2.05, 4.69) is 5.32 Å². The second kappa shape index (κ2) is 7.77. The molecule has 8 nitrogen and oxygen atoms in total. The van der Waals surface area contributed by atoms with Gasteiger partial charge in [0.15, 0.2) is 0 Å². The third-order valence-electron chi connectivity index (χ3n) is 3.92. The topological polar surface area (TPSA) is 80.3 Å². The molecule has 2 saturated heterocycles. The molecule has 2 aliphatic heterocycles. The predicted octanol–water partition coefficient (Wildman–Crippen LogP) is 2.27. The molecule has 0 saturated carbocycles. The van der Waals surface area contributed by atoms with Crippen LogP contribution in [0.4, 0.5) is 21.0 Å². The highest BCUT2D eigenvalue weighted by Gasteiger charge is 2.32. The average molecular weight is 379 g/mol. The molecule has 9 heteroatoms. The molecular weight excluding hydrogens is 358 g/mol. The van der Waals surface area contributed by atoms with Crippen molar-refractivity contribution in [3.63, 3.8) is 0 Å². The van der Waals surface area contributed by atoms with E-state index < -0.39 is 6.09 Å². The lowest BCUT2D eigenvalue weighted by Crippen LogP contribution is -2.35. The third kappa shape index (κ3) is 4.16. The molecule has 3 rings (SSSR count). The zero-order valence-corrected chi connectivity index (χ0v) is 15.5. The monoisotopic (exact) mass is 379 g/mol. The van der Waals surface area contributed by atoms with Crippen molar-refractivity contribution in [1.82, 2.24) is 5.32 Å². The molecule has 1 aromatic rings. The van der Waals surface area contributed by atoms with Crippen molar-refractivity contribution in [2.24, 2.45) is 0 Å². The van der Waals surface area contributed by atoms with Crippen LogP contribution in [0.25, 0.3) is 0 Å². The largest absolute Gasteiger partial charge is 0.468 e. The molecule has 1 unspecified atom stereocenters. The fraction of sp³-hybridized carbons (Fsp3) is 0.471. The molecule has 0 aromatic heterocycles. The van der Waals surface area contributed by atoms with Crippen LogP contribution in [0.2, 0.25) is 0 Å². The summed E-state index contributed by atoms with van der Waals surface area (Å²) in [5.74, 6) is 0. The highest BCUT2D eigenvalue weighted by atomic mass is 32.1. The van der Waals surface area contributed by atoms with E-state index in [0.717, 1.165) is 5.69 Å². The van der Waals surface area contributed by atoms with Crippen LogP contribution in [0, 0.1) is 0 Å². The molecule has 2 heterocycles. The van der Waals surface area contributed by atoms with Crippen LogP contribution in [0.5, 0.6) is 0 Å². The first-order chi connectivity index (χ1) is 12.4. The Kier molecular flexibility index (Phi) is 5.46. The molecule has 0 radical (unpaired) electrons. The Balaban J connectivity index is 1.57. The number of carbonyl (C=O) groups is 2. The van der Waals surface area contributed by atoms with Gasteiger partial charge in [0.1, 0.15) is 12.7 Å². The average Bonchev–Trinajstić information content (AvgIpc) is 3.18. The minimum Gasteiger partial charge on any atom is -0.468 e. The van der Waals surface area contributed by atoms with E-state index in [1.807, 2.05) is 13.8 Å². The first kappa shape index (κ1) is 18.2. The Hall–Kier alpha value is -2.55. The number of cyclic esters (lactones) is 2. The molecule has 2 fully saturated rings. The van der Waals surface area contributed by atoms with Gasteiger partial charge in [-0.1, -0.05) is 0 Å². The summed E-state index contributed by atoms with van der Waals surface area (Å²) >= 11 is 5.06. The Morgan fingerprint density at radius 3 is 2.46 bits per heavy atom. The van der Waals surface area contributed by atoms with Crippen LogP contribution in [0.1, 0.15) is 13.8 Å². The minimum atomic E-state index is -0.416. The maximum atomic E-state index is 12.1. The molecule has 2 aliphatic rings. The maximum Gasteiger partial charge on any atom is 0.414 e. The van der Waals surface area contributed by atoms with Gasteiger partial charge >= 0.3 is 12.2 Å². The van der Waals surface area contributed by atoms with Crippen LogP contribution in [-0.4, -0.2) is 55.8 Å². The third-order valence-corrected chi connectivity index (χ3v) is 4.17. The van der Waals surface area contributed by atoms with Crippen molar-refractivity contribution < 1.29 is 23.8 Å². The number of ether oxygens (including phenoxy) is 3. The number of hydrogen-bond donors (Lipinski definition) is 1. The smallest absolute Gasteiger partial charge is 0.414 e. The molecule has 2 amide bonds. The summed E-state index contributed by atoms with van der Waals surface area (Å²) < 4.78 is 15.6. The van der Waals surface area contributed by atoms with E-state index in [1.54, 1.807) is 34.1 Å². The number of thiocarbonyl (C=S) groups is 1. The molecule has 1 N–H and O–H groups in total. The van der Waals surface area contributed by atoms with Crippen LogP contribution in [0.3, 0.4) is 0 Å². The maximum absolute atomic E-state index is 12.1. The molecular formula is C17H21N3O5S. The second-order valence-corrected chi connectivity index (χ2v) is 6.60. The number of hydrogen-bond acceptors (Lipinski definition) is 6. The van der Waals surface area contributed by atoms with Crippen LogP contribution in [0.15, 0.2) is 24.3 Å². The zero-order valence-electron chi connectivity index (χ0n) is 14.6. The van der Waals surface area contributed by atoms with E-state index in [4.69, 9.17) is 26.4 Å². The van der Waals surface area contributed by atoms with Gasteiger partial charge in [-0.05, 0) is 50.3 Å². The van der Waals surface area contributed by atoms with Gasteiger partial charge in [0.2, 0.25) is 0 Å². The predicted molar refractivity (Wildman–Crippen MR) is 99.6 cm³/mol. The van der Waals surface area contributed by atoms with Gasteiger partial charge in [0.05, 0.1) is 25.7 Å². The second-order valence-electron chi connectivity index (χ2n) is 6.23. The first-order valence-corrected chi connectivity index (χ1v) is 8.82. The number of benzene rings is 1. The van der Waals surface area contributed by atoms with Crippen LogP contribution >= 0.6 is 12.2 Å². The number of nitrogens with one attached hydrogen (secondary N) is 1. The standard InChI is InChI=1S/C17H21N3O5S/c1-11(2)24-15(26)18-9-14-10-20(17(22)25-14)13-5-3-12(4-6-13)19-7-8-23-16(19)21/h3-6,11,14H,7-10H2,1-2H3,(H,18,26). The number of amides is 2. The molecule has 0 bridgehead atoms. The van der Waals surface area contributed by atoms with Gasteiger partial charge in [-0.3, -0.25) is 9.80 Å². The molecule has 1 atom stereocenters. The van der Waals surface area contributed by atoms with Gasteiger partial charge in [0.25, 0.3) is 5.17 Å². The summed E-state index contributed by atoms with van der Waals surface area (Å²) in [5.41, 5.74) is 1.44. The summed E-state index contributed by atoms with van der Waals surface area (Å²) in [7, 11) is 0. The summed E-state index contributed by atoms with van der Waals surface area (Å²) in [6.07, 6.45) is -1.11. The van der Waals surface area contributed by atoms with Gasteiger partial charge < -0.3 is 19.5 Å². The fourth-order valence-corrected chi connectivity index (χ4v) is 3.01. The fourth-order valence-electron chi connectivity index (χ4n) is 2.73. The summed E-state index contributed by atoms with van der Waals surface area (Å²) in [5, 5.41) is 3.24. The Morgan fingerprint density at radius 2 is 1.88 bits per heavy atom. The highest BCUT2D eigenvalue weighted by molar-refractivity contribution is 7.80. The van der Waals surface area contributed by atoms with Crippen LogP contribution in [-0.2, 0) is 14.2 Å². The molecule has 0 aliphatic carbocycles. The molecule has 26 heavy (non-hydrogen) atoms. The zero-order chi connectivity index (χ0) is 18.7. The number of anilines is 2. The van der Waals surface area contributed by atoms with Gasteiger partial charge in [-0.15, -0.1) is 0 Å². The van der Waals surface area contributed by atoms with E-state index in [1.165, 1.54) is 0 Å². The quantitative estimate of drug-likeness (QED) is 0.786. The highest BCUT2D eigenvalue weighted by Crippen LogP contribution is 2.26. The lowest BCUT2D eigenvalue weighted by Gasteiger charge is -2.17. The lowest BCUT2D eigenvalue weighted by atomic mass is 10.2. The lowest BCUT2D eigenvalue weighted by molar-refractivity contribution is 0.140. The van der Waals surface area contributed by atoms with Crippen molar-refractivity contribution in [2.45, 2.75) is 26.1 Å². The summed E-state index contributed by atoms with van der Waals surface area (Å²) in [6.45, 7) is 5.46. The minimum absolute atomic E-state index is 0.0102. The van der Waals surface area contributed by atoms with Gasteiger partial charge in [-0.25, -0.2) is 9.59 Å². The molecule has 140 valence electrons. The Bertz CT molecular complexity index is 694. The summed E-state index contributed by atoms with van der Waals surface area (Å²) in [6, 6.07) is 7.13. The van der Waals surface area contributed by atoms with Crippen molar-refractivity contribution in [3.8, 4) is 0 Å². The SMILES string of the molecule is CC(C)OC(=S)NCC1CN(c2ccc(N3CCOC3=O)cc2)C(=O)O1. The van der Waals surface area contributed by atoms with E-state index >= 15 is 0 Å². The van der Waals surface area contributed by atoms with Crippen molar-refractivity contribution in [3.05, 3.63) is 24.3 Å². The van der Waals surface area contributed by atoms with E-state index in [-0.39, 0.29) is 23.5 Å². The molecule has 1 aromatic carbocycles. The Labute approximate surface area is 157 Å². The number of rotatable bonds is 5. The van der Waals surface area contributed by atoms with Gasteiger partial charge in [-0.2, -0.15) is 0 Å². The van der Waals surface area contributed by atoms with Gasteiger partial charge in [0, 0.05) is 11.4 Å². The Morgan fingerprint density at radius 1 is 1.23 bits per heavy atom. The summed E-state index contributed by atoms with van der Waals surface area (Å²) in [4.78, 5) is 26.8. The molecule has 0 spiro atoms. The first-order valence-electron chi connectivity index (χ1n) is 8.41. The van der Waals surface area contributed by atoms with Crippen molar-refractivity contribution >= 4 is 41.0 Å². The van der Waals surface area contributed by atoms with Crippen LogP contribution < -0.4 is 15.1 Å². The van der Waals surface area contributed by atoms with E-state index in [0.29, 0.717) is 31.9 Å². The van der Waals surface area contributed by atoms with Crippen molar-refractivity contribution in [1.29, 1.82) is 0 Å². The van der Waals surface area contributed by atoms with E-state index in [9.17, 15) is 9.59 Å².